The number of nitrogen functional groups attached to an aromatic ring is 1. The predicted octanol–water partition coefficient (Wildman–Crippen LogP) is 4.27. The number of morpholine rings is 1. The van der Waals surface area contributed by atoms with Crippen molar-refractivity contribution in [3.63, 3.8) is 0 Å². The molecule has 0 unspecified atom stereocenters. The Kier molecular flexibility index (Phi) is 6.53. The number of nitrogens with one attached hydrogen (secondary N) is 2. The topological polar surface area (TPSA) is 126 Å². The molecule has 4 N–H and O–H groups in total. The van der Waals surface area contributed by atoms with Crippen LogP contribution in [-0.2, 0) is 9.47 Å². The number of aromatic nitrogens is 2. The normalized spacial score (nSPS) is 13.6. The van der Waals surface area contributed by atoms with E-state index in [0.29, 0.717) is 30.3 Å². The number of nitrogens with zero attached hydrogens (tertiary/aromatic N) is 3. The Labute approximate surface area is 212 Å². The second-order valence-electron chi connectivity index (χ2n) is 8.29. The number of rotatable bonds is 6. The minimum Gasteiger partial charge on any atom is -0.465 e. The van der Waals surface area contributed by atoms with Gasteiger partial charge in [-0.3, -0.25) is 0 Å². The quantitative estimate of drug-likeness (QED) is 0.203. The number of carbonyl (C=O) groups excluding carboxylic acids is 1. The van der Waals surface area contributed by atoms with E-state index in [0.717, 1.165) is 56.4 Å². The Hall–Kier alpha value is -4.02. The monoisotopic (exact) mass is 502 g/mol. The molecule has 0 atom stereocenters. The molecule has 2 aromatic carbocycles. The zero-order valence-corrected chi connectivity index (χ0v) is 20.8. The van der Waals surface area contributed by atoms with Crippen LogP contribution in [0.4, 0.5) is 17.2 Å². The molecule has 1 aliphatic heterocycles. The smallest absolute Gasteiger partial charge is 0.337 e. The summed E-state index contributed by atoms with van der Waals surface area (Å²) in [4.78, 5) is 25.2. The number of methoxy groups -OCH3 is 1. The zero-order chi connectivity index (χ0) is 25.2. The van der Waals surface area contributed by atoms with E-state index in [1.54, 1.807) is 23.5 Å². The molecule has 10 heteroatoms. The first-order valence-electron chi connectivity index (χ1n) is 11.5. The number of benzene rings is 2. The molecule has 4 aromatic rings. The molecule has 36 heavy (non-hydrogen) atoms. The third-order valence-corrected chi connectivity index (χ3v) is 7.26. The molecular formula is C26H26N6O3S. The minimum atomic E-state index is -0.440. The van der Waals surface area contributed by atoms with Crippen molar-refractivity contribution >= 4 is 50.9 Å². The van der Waals surface area contributed by atoms with Gasteiger partial charge in [-0.25, -0.2) is 14.8 Å². The average Bonchev–Trinajstić information content (AvgIpc) is 3.36. The molecule has 0 saturated carbocycles. The molecule has 5 rings (SSSR count). The maximum Gasteiger partial charge on any atom is 0.337 e. The number of ether oxygens (including phenoxy) is 2. The van der Waals surface area contributed by atoms with Gasteiger partial charge in [0.2, 0.25) is 0 Å². The molecular weight excluding hydrogens is 476 g/mol. The van der Waals surface area contributed by atoms with Crippen LogP contribution in [0.3, 0.4) is 0 Å². The Morgan fingerprint density at radius 3 is 2.75 bits per heavy atom. The molecule has 1 fully saturated rings. The zero-order valence-electron chi connectivity index (χ0n) is 20.0. The maximum atomic E-state index is 12.2. The van der Waals surface area contributed by atoms with E-state index in [2.05, 4.69) is 10.2 Å². The standard InChI is InChI=1S/C26H26N6O3S/c1-29-20-5-3-4-18(19(20)14-27)24-30-21-13-22(15-10-16(26(33)34-2)12-17(28)11-15)36-23(21)25(31-24)32-6-8-35-9-7-32/h3-5,10-14,27,29H,6-9,28H2,1-2H3. The highest BCUT2D eigenvalue weighted by Crippen LogP contribution is 2.40. The summed E-state index contributed by atoms with van der Waals surface area (Å²) in [6.07, 6.45) is 1.32. The number of hydrogen-bond donors (Lipinski definition) is 3. The highest BCUT2D eigenvalue weighted by atomic mass is 32.1. The molecule has 9 nitrogen and oxygen atoms in total. The van der Waals surface area contributed by atoms with Crippen molar-refractivity contribution in [3.05, 3.63) is 53.6 Å². The van der Waals surface area contributed by atoms with E-state index in [1.807, 2.05) is 37.4 Å². The van der Waals surface area contributed by atoms with Crippen LogP contribution in [0.2, 0.25) is 0 Å². The van der Waals surface area contributed by atoms with Gasteiger partial charge in [-0.05, 0) is 35.9 Å². The van der Waals surface area contributed by atoms with Gasteiger partial charge >= 0.3 is 5.97 Å². The van der Waals surface area contributed by atoms with Gasteiger partial charge in [0.25, 0.3) is 0 Å². The highest BCUT2D eigenvalue weighted by molar-refractivity contribution is 7.22. The molecule has 184 valence electrons. The number of esters is 1. The van der Waals surface area contributed by atoms with Crippen LogP contribution in [0.1, 0.15) is 15.9 Å². The van der Waals surface area contributed by atoms with Gasteiger partial charge < -0.3 is 30.8 Å². The van der Waals surface area contributed by atoms with Gasteiger partial charge in [-0.1, -0.05) is 12.1 Å². The average molecular weight is 503 g/mol. The Morgan fingerprint density at radius 2 is 2.03 bits per heavy atom. The maximum absolute atomic E-state index is 12.2. The van der Waals surface area contributed by atoms with Crippen LogP contribution in [0, 0.1) is 5.41 Å². The van der Waals surface area contributed by atoms with Crippen LogP contribution < -0.4 is 16.0 Å². The van der Waals surface area contributed by atoms with Crippen molar-refractivity contribution < 1.29 is 14.3 Å². The molecule has 1 aliphatic rings. The summed E-state index contributed by atoms with van der Waals surface area (Å²) in [6.45, 7) is 2.69. The molecule has 0 radical (unpaired) electrons. The van der Waals surface area contributed by atoms with Gasteiger partial charge in [0.15, 0.2) is 11.6 Å². The van der Waals surface area contributed by atoms with Crippen molar-refractivity contribution in [1.82, 2.24) is 9.97 Å². The predicted molar refractivity (Wildman–Crippen MR) is 145 cm³/mol. The second-order valence-corrected chi connectivity index (χ2v) is 9.34. The summed E-state index contributed by atoms with van der Waals surface area (Å²) < 4.78 is 11.4. The first-order valence-corrected chi connectivity index (χ1v) is 12.3. The molecule has 0 amide bonds. The first kappa shape index (κ1) is 23.7. The largest absolute Gasteiger partial charge is 0.465 e. The lowest BCUT2D eigenvalue weighted by Gasteiger charge is -2.28. The highest BCUT2D eigenvalue weighted by Gasteiger charge is 2.22. The fourth-order valence-electron chi connectivity index (χ4n) is 4.33. The van der Waals surface area contributed by atoms with E-state index in [4.69, 9.17) is 30.6 Å². The third kappa shape index (κ3) is 4.36. The Morgan fingerprint density at radius 1 is 1.22 bits per heavy atom. The fourth-order valence-corrected chi connectivity index (χ4v) is 5.43. The number of anilines is 3. The fraction of sp³-hybridized carbons (Fsp3) is 0.231. The van der Waals surface area contributed by atoms with E-state index in [9.17, 15) is 4.79 Å². The summed E-state index contributed by atoms with van der Waals surface area (Å²) in [5.41, 5.74) is 10.9. The molecule has 3 heterocycles. The second kappa shape index (κ2) is 9.92. The number of fused-ring (bicyclic) bond motifs is 1. The van der Waals surface area contributed by atoms with Gasteiger partial charge in [0.1, 0.15) is 0 Å². The van der Waals surface area contributed by atoms with Crippen molar-refractivity contribution in [3.8, 4) is 21.8 Å². The van der Waals surface area contributed by atoms with Crippen LogP contribution in [0.15, 0.2) is 42.5 Å². The SMILES string of the molecule is CNc1cccc(-c2nc(N3CCOCC3)c3sc(-c4cc(N)cc(C(=O)OC)c4)cc3n2)c1C=N. The lowest BCUT2D eigenvalue weighted by atomic mass is 10.1. The summed E-state index contributed by atoms with van der Waals surface area (Å²) >= 11 is 1.56. The van der Waals surface area contributed by atoms with Crippen LogP contribution in [0.25, 0.3) is 32.0 Å². The number of carbonyl (C=O) groups is 1. The van der Waals surface area contributed by atoms with Gasteiger partial charge in [0, 0.05) is 53.7 Å². The van der Waals surface area contributed by atoms with E-state index in [1.165, 1.54) is 13.3 Å². The number of hydrogen-bond acceptors (Lipinski definition) is 10. The number of nitrogens with two attached hydrogens (primary N) is 1. The molecule has 1 saturated heterocycles. The Bertz CT molecular complexity index is 1460. The molecule has 0 bridgehead atoms. The van der Waals surface area contributed by atoms with Crippen molar-refractivity contribution in [2.24, 2.45) is 0 Å². The molecule has 0 aliphatic carbocycles. The Balaban J connectivity index is 1.71. The van der Waals surface area contributed by atoms with E-state index < -0.39 is 5.97 Å². The van der Waals surface area contributed by atoms with E-state index in [-0.39, 0.29) is 0 Å². The summed E-state index contributed by atoms with van der Waals surface area (Å²) in [6, 6.07) is 13.0. The van der Waals surface area contributed by atoms with Crippen LogP contribution in [-0.4, -0.2) is 62.6 Å². The lowest BCUT2D eigenvalue weighted by molar-refractivity contribution is 0.0601. The molecule has 0 spiro atoms. The van der Waals surface area contributed by atoms with Crippen molar-refractivity contribution in [2.75, 3.05) is 56.4 Å². The van der Waals surface area contributed by atoms with Crippen LogP contribution >= 0.6 is 11.3 Å². The van der Waals surface area contributed by atoms with Gasteiger partial charge in [-0.2, -0.15) is 0 Å². The number of thiophene rings is 1. The van der Waals surface area contributed by atoms with Gasteiger partial charge in [-0.15, -0.1) is 11.3 Å². The summed E-state index contributed by atoms with van der Waals surface area (Å²) in [7, 11) is 3.18. The van der Waals surface area contributed by atoms with E-state index >= 15 is 0 Å². The lowest BCUT2D eigenvalue weighted by Crippen LogP contribution is -2.36. The first-order chi connectivity index (χ1) is 17.5. The van der Waals surface area contributed by atoms with Crippen molar-refractivity contribution in [1.29, 1.82) is 5.41 Å². The third-order valence-electron chi connectivity index (χ3n) is 6.09. The van der Waals surface area contributed by atoms with Gasteiger partial charge in [0.05, 0.1) is 36.1 Å². The molecule has 2 aromatic heterocycles. The van der Waals surface area contributed by atoms with Crippen molar-refractivity contribution in [2.45, 2.75) is 0 Å². The summed E-state index contributed by atoms with van der Waals surface area (Å²) in [5, 5.41) is 11.1. The summed E-state index contributed by atoms with van der Waals surface area (Å²) in [5.74, 6) is 0.938. The van der Waals surface area contributed by atoms with Crippen LogP contribution in [0.5, 0.6) is 0 Å². The minimum absolute atomic E-state index is 0.393.